The standard InChI is InChI=1S/C15H21FN2O3/c1-11(19)18(13-7-5-12(16)6-8-13)10-9-17-14(20)21-15(2,3)4/h5-8H,9-10H2,1-4H3,(H,17,20). The van der Waals surface area contributed by atoms with Gasteiger partial charge < -0.3 is 15.0 Å². The molecule has 21 heavy (non-hydrogen) atoms. The second-order valence-corrected chi connectivity index (χ2v) is 5.58. The first kappa shape index (κ1) is 16.9. The first-order valence-electron chi connectivity index (χ1n) is 6.69. The van der Waals surface area contributed by atoms with Crippen molar-refractivity contribution in [1.29, 1.82) is 0 Å². The van der Waals surface area contributed by atoms with Crippen LogP contribution in [0.2, 0.25) is 0 Å². The van der Waals surface area contributed by atoms with Crippen LogP contribution in [0.3, 0.4) is 0 Å². The van der Waals surface area contributed by atoms with Gasteiger partial charge >= 0.3 is 6.09 Å². The van der Waals surface area contributed by atoms with Crippen LogP contribution >= 0.6 is 0 Å². The van der Waals surface area contributed by atoms with Gasteiger partial charge in [-0.05, 0) is 45.0 Å². The summed E-state index contributed by atoms with van der Waals surface area (Å²) in [5.41, 5.74) is 0.0104. The highest BCUT2D eigenvalue weighted by Gasteiger charge is 2.16. The lowest BCUT2D eigenvalue weighted by Crippen LogP contribution is -2.39. The van der Waals surface area contributed by atoms with Gasteiger partial charge in [0.1, 0.15) is 11.4 Å². The van der Waals surface area contributed by atoms with Gasteiger partial charge in [0.05, 0.1) is 0 Å². The van der Waals surface area contributed by atoms with Crippen molar-refractivity contribution in [2.75, 3.05) is 18.0 Å². The molecule has 0 unspecified atom stereocenters. The molecule has 0 saturated heterocycles. The molecule has 1 N–H and O–H groups in total. The number of hydrogen-bond acceptors (Lipinski definition) is 3. The summed E-state index contributed by atoms with van der Waals surface area (Å²) in [6.07, 6.45) is -0.537. The molecule has 6 heteroatoms. The highest BCUT2D eigenvalue weighted by molar-refractivity contribution is 5.91. The average Bonchev–Trinajstić information content (AvgIpc) is 2.33. The molecule has 1 aromatic rings. The number of nitrogens with one attached hydrogen (secondary N) is 1. The van der Waals surface area contributed by atoms with Crippen molar-refractivity contribution in [3.63, 3.8) is 0 Å². The third kappa shape index (κ3) is 6.25. The maximum Gasteiger partial charge on any atom is 0.407 e. The minimum atomic E-state index is -0.568. The zero-order valence-electron chi connectivity index (χ0n) is 12.8. The zero-order chi connectivity index (χ0) is 16.0. The molecular formula is C15H21FN2O3. The van der Waals surface area contributed by atoms with Crippen LogP contribution in [0.25, 0.3) is 0 Å². The van der Waals surface area contributed by atoms with Crippen molar-refractivity contribution >= 4 is 17.7 Å². The summed E-state index contributed by atoms with van der Waals surface area (Å²) in [4.78, 5) is 24.6. The molecule has 0 aliphatic heterocycles. The van der Waals surface area contributed by atoms with E-state index in [0.717, 1.165) is 0 Å². The fraction of sp³-hybridized carbons (Fsp3) is 0.467. The number of anilines is 1. The predicted octanol–water partition coefficient (Wildman–Crippen LogP) is 2.70. The van der Waals surface area contributed by atoms with Gasteiger partial charge in [-0.2, -0.15) is 0 Å². The van der Waals surface area contributed by atoms with Crippen LogP contribution in [-0.2, 0) is 9.53 Å². The second-order valence-electron chi connectivity index (χ2n) is 5.58. The summed E-state index contributed by atoms with van der Waals surface area (Å²) in [5, 5.41) is 2.58. The average molecular weight is 296 g/mol. The largest absolute Gasteiger partial charge is 0.444 e. The maximum atomic E-state index is 12.9. The molecule has 0 aromatic heterocycles. The monoisotopic (exact) mass is 296 g/mol. The summed E-state index contributed by atoms with van der Waals surface area (Å²) in [6.45, 7) is 7.25. The van der Waals surface area contributed by atoms with E-state index >= 15 is 0 Å². The summed E-state index contributed by atoms with van der Waals surface area (Å²) in [6, 6.07) is 5.60. The van der Waals surface area contributed by atoms with Crippen LogP contribution in [-0.4, -0.2) is 30.7 Å². The number of hydrogen-bond donors (Lipinski definition) is 1. The van der Waals surface area contributed by atoms with Crippen molar-refractivity contribution in [1.82, 2.24) is 5.32 Å². The normalized spacial score (nSPS) is 10.9. The van der Waals surface area contributed by atoms with E-state index in [2.05, 4.69) is 5.32 Å². The van der Waals surface area contributed by atoms with Crippen LogP contribution < -0.4 is 10.2 Å². The third-order valence-corrected chi connectivity index (χ3v) is 2.52. The molecular weight excluding hydrogens is 275 g/mol. The first-order valence-corrected chi connectivity index (χ1v) is 6.69. The number of halogens is 1. The lowest BCUT2D eigenvalue weighted by molar-refractivity contribution is -0.116. The van der Waals surface area contributed by atoms with Gasteiger partial charge in [0.25, 0.3) is 0 Å². The number of ether oxygens (including phenoxy) is 1. The van der Waals surface area contributed by atoms with Gasteiger partial charge in [0, 0.05) is 25.7 Å². The van der Waals surface area contributed by atoms with Crippen LogP contribution in [0.1, 0.15) is 27.7 Å². The Labute approximate surface area is 124 Å². The number of carbonyl (C=O) groups excluding carboxylic acids is 2. The summed E-state index contributed by atoms with van der Waals surface area (Å²) >= 11 is 0. The Morgan fingerprint density at radius 3 is 2.29 bits per heavy atom. The van der Waals surface area contributed by atoms with E-state index < -0.39 is 11.7 Å². The Hall–Kier alpha value is -2.11. The molecule has 2 amide bonds. The van der Waals surface area contributed by atoms with Gasteiger partial charge in [-0.25, -0.2) is 9.18 Å². The van der Waals surface area contributed by atoms with E-state index in [1.807, 2.05) is 0 Å². The van der Waals surface area contributed by atoms with Crippen molar-refractivity contribution in [3.05, 3.63) is 30.1 Å². The Morgan fingerprint density at radius 2 is 1.81 bits per heavy atom. The minimum absolute atomic E-state index is 0.187. The zero-order valence-corrected chi connectivity index (χ0v) is 12.8. The Balaban J connectivity index is 2.55. The van der Waals surface area contributed by atoms with E-state index in [0.29, 0.717) is 5.69 Å². The number of nitrogens with zero attached hydrogens (tertiary/aromatic N) is 1. The first-order chi connectivity index (χ1) is 9.69. The minimum Gasteiger partial charge on any atom is -0.444 e. The lowest BCUT2D eigenvalue weighted by atomic mass is 10.2. The van der Waals surface area contributed by atoms with Crippen LogP contribution in [0, 0.1) is 5.82 Å². The van der Waals surface area contributed by atoms with E-state index in [9.17, 15) is 14.0 Å². The number of amides is 2. The van der Waals surface area contributed by atoms with E-state index in [1.54, 1.807) is 20.8 Å². The molecule has 0 bridgehead atoms. The quantitative estimate of drug-likeness (QED) is 0.929. The molecule has 116 valence electrons. The molecule has 5 nitrogen and oxygen atoms in total. The Bertz CT molecular complexity index is 495. The molecule has 0 radical (unpaired) electrons. The van der Waals surface area contributed by atoms with E-state index in [-0.39, 0.29) is 24.8 Å². The molecule has 0 atom stereocenters. The fourth-order valence-corrected chi connectivity index (χ4v) is 1.67. The smallest absolute Gasteiger partial charge is 0.407 e. The van der Waals surface area contributed by atoms with Gasteiger partial charge in [-0.15, -0.1) is 0 Å². The SMILES string of the molecule is CC(=O)N(CCNC(=O)OC(C)(C)C)c1ccc(F)cc1. The van der Waals surface area contributed by atoms with Crippen molar-refractivity contribution in [3.8, 4) is 0 Å². The summed E-state index contributed by atoms with van der Waals surface area (Å²) in [5.74, 6) is -0.554. The van der Waals surface area contributed by atoms with Crippen molar-refractivity contribution in [2.24, 2.45) is 0 Å². The van der Waals surface area contributed by atoms with E-state index in [4.69, 9.17) is 4.74 Å². The van der Waals surface area contributed by atoms with Crippen LogP contribution in [0.4, 0.5) is 14.9 Å². The molecule has 0 fully saturated rings. The molecule has 0 aliphatic rings. The molecule has 1 aromatic carbocycles. The van der Waals surface area contributed by atoms with Gasteiger partial charge in [-0.1, -0.05) is 0 Å². The van der Waals surface area contributed by atoms with Crippen LogP contribution in [0.15, 0.2) is 24.3 Å². The third-order valence-electron chi connectivity index (χ3n) is 2.52. The predicted molar refractivity (Wildman–Crippen MR) is 78.7 cm³/mol. The van der Waals surface area contributed by atoms with Gasteiger partial charge in [0.15, 0.2) is 0 Å². The summed E-state index contributed by atoms with van der Waals surface area (Å²) < 4.78 is 18.0. The number of carbonyl (C=O) groups is 2. The molecule has 0 spiro atoms. The lowest BCUT2D eigenvalue weighted by Gasteiger charge is -2.23. The van der Waals surface area contributed by atoms with Gasteiger partial charge in [0.2, 0.25) is 5.91 Å². The highest BCUT2D eigenvalue weighted by Crippen LogP contribution is 2.14. The highest BCUT2D eigenvalue weighted by atomic mass is 19.1. The summed E-state index contributed by atoms with van der Waals surface area (Å²) in [7, 11) is 0. The molecule has 1 rings (SSSR count). The Morgan fingerprint density at radius 1 is 1.24 bits per heavy atom. The Kier molecular flexibility index (Phi) is 5.69. The molecule has 0 saturated carbocycles. The maximum absolute atomic E-state index is 12.9. The number of alkyl carbamates (subject to hydrolysis) is 1. The molecule has 0 aliphatic carbocycles. The number of benzene rings is 1. The number of rotatable bonds is 4. The van der Waals surface area contributed by atoms with Crippen molar-refractivity contribution < 1.29 is 18.7 Å². The van der Waals surface area contributed by atoms with Crippen LogP contribution in [0.5, 0.6) is 0 Å². The topological polar surface area (TPSA) is 58.6 Å². The molecule has 0 heterocycles. The van der Waals surface area contributed by atoms with E-state index in [1.165, 1.54) is 36.1 Å². The van der Waals surface area contributed by atoms with Crippen molar-refractivity contribution in [2.45, 2.75) is 33.3 Å². The van der Waals surface area contributed by atoms with Gasteiger partial charge in [-0.3, -0.25) is 4.79 Å². The second kappa shape index (κ2) is 7.06. The fourth-order valence-electron chi connectivity index (χ4n) is 1.67.